The van der Waals surface area contributed by atoms with E-state index in [0.29, 0.717) is 23.9 Å². The Labute approximate surface area is 534 Å². The van der Waals surface area contributed by atoms with Crippen LogP contribution < -0.4 is 5.32 Å². The monoisotopic (exact) mass is 1220 g/mol. The number of aliphatic hydroxyl groups is 1. The van der Waals surface area contributed by atoms with Gasteiger partial charge in [0.1, 0.15) is 13.2 Å². The molecule has 0 rings (SSSR count). The zero-order valence-electron chi connectivity index (χ0n) is 57.3. The number of amides is 1. The molecule has 0 radical (unpaired) electrons. The summed E-state index contributed by atoms with van der Waals surface area (Å²) in [5, 5.41) is 14.2. The number of carbonyl (C=O) groups is 1. The maximum absolute atomic E-state index is 13.1. The quantitative estimate of drug-likeness (QED) is 0.0243. The van der Waals surface area contributed by atoms with Crippen LogP contribution in [0.15, 0.2) is 97.2 Å². The Hall–Kier alpha value is -2.58. The van der Waals surface area contributed by atoms with E-state index in [4.69, 9.17) is 9.05 Å². The van der Waals surface area contributed by atoms with Crippen molar-refractivity contribution in [2.45, 2.75) is 347 Å². The Morgan fingerprint density at radius 3 is 1.02 bits per heavy atom. The molecule has 0 heterocycles. The molecular formula is C77H142N2O6P+. The first kappa shape index (κ1) is 83.4. The molecule has 0 saturated heterocycles. The maximum Gasteiger partial charge on any atom is 0.472 e. The third-order valence-corrected chi connectivity index (χ3v) is 17.3. The predicted octanol–water partition coefficient (Wildman–Crippen LogP) is 23.7. The van der Waals surface area contributed by atoms with Crippen LogP contribution in [0.5, 0.6) is 0 Å². The second-order valence-corrected chi connectivity index (χ2v) is 27.4. The minimum atomic E-state index is -4.34. The summed E-state index contributed by atoms with van der Waals surface area (Å²) in [4.78, 5) is 23.5. The Balaban J connectivity index is 4.04. The predicted molar refractivity (Wildman–Crippen MR) is 378 cm³/mol. The van der Waals surface area contributed by atoms with Crippen molar-refractivity contribution >= 4 is 13.7 Å². The molecule has 8 nitrogen and oxygen atoms in total. The van der Waals surface area contributed by atoms with Crippen LogP contribution in [0, 0.1) is 0 Å². The number of phosphoric acid groups is 1. The summed E-state index contributed by atoms with van der Waals surface area (Å²) in [5.74, 6) is -0.145. The van der Waals surface area contributed by atoms with Gasteiger partial charge in [0.05, 0.1) is 39.9 Å². The molecule has 86 heavy (non-hydrogen) atoms. The number of nitrogens with one attached hydrogen (secondary N) is 1. The van der Waals surface area contributed by atoms with Crippen molar-refractivity contribution < 1.29 is 32.9 Å². The third kappa shape index (κ3) is 68.9. The highest BCUT2D eigenvalue weighted by Crippen LogP contribution is 2.43. The van der Waals surface area contributed by atoms with E-state index < -0.39 is 20.0 Å². The van der Waals surface area contributed by atoms with E-state index in [0.717, 1.165) is 89.9 Å². The van der Waals surface area contributed by atoms with Gasteiger partial charge in [-0.1, -0.05) is 349 Å². The molecule has 0 saturated carbocycles. The lowest BCUT2D eigenvalue weighted by Crippen LogP contribution is -2.46. The Kier molecular flexibility index (Phi) is 64.8. The molecule has 0 spiro atoms. The number of aliphatic hydroxyl groups excluding tert-OH is 1. The number of quaternary nitrogens is 1. The average Bonchev–Trinajstić information content (AvgIpc) is 3.70. The van der Waals surface area contributed by atoms with E-state index >= 15 is 0 Å². The molecule has 3 atom stereocenters. The Morgan fingerprint density at radius 1 is 0.407 bits per heavy atom. The molecule has 0 aromatic heterocycles. The molecule has 0 fully saturated rings. The highest BCUT2D eigenvalue weighted by Gasteiger charge is 2.28. The number of rotatable bonds is 67. The molecule has 0 bridgehead atoms. The average molecular weight is 1220 g/mol. The van der Waals surface area contributed by atoms with Crippen molar-refractivity contribution in [3.05, 3.63) is 97.2 Å². The van der Waals surface area contributed by atoms with Gasteiger partial charge < -0.3 is 19.8 Å². The van der Waals surface area contributed by atoms with Gasteiger partial charge in [0.25, 0.3) is 0 Å². The van der Waals surface area contributed by atoms with Gasteiger partial charge in [-0.2, -0.15) is 0 Å². The first-order valence-corrected chi connectivity index (χ1v) is 38.1. The van der Waals surface area contributed by atoms with Gasteiger partial charge in [0, 0.05) is 6.42 Å². The second-order valence-electron chi connectivity index (χ2n) is 25.9. The summed E-state index contributed by atoms with van der Waals surface area (Å²) >= 11 is 0. The lowest BCUT2D eigenvalue weighted by atomic mass is 10.0. The molecule has 0 aliphatic carbocycles. The summed E-state index contributed by atoms with van der Waals surface area (Å²) in [5.41, 5.74) is 0. The van der Waals surface area contributed by atoms with Crippen molar-refractivity contribution in [3.63, 3.8) is 0 Å². The zero-order valence-corrected chi connectivity index (χ0v) is 58.2. The summed E-state index contributed by atoms with van der Waals surface area (Å²) in [6.45, 7) is 4.81. The molecule has 500 valence electrons. The van der Waals surface area contributed by atoms with Gasteiger partial charge in [0.2, 0.25) is 5.91 Å². The van der Waals surface area contributed by atoms with Crippen LogP contribution in [-0.2, 0) is 18.4 Å². The first-order valence-electron chi connectivity index (χ1n) is 36.6. The largest absolute Gasteiger partial charge is 0.472 e. The summed E-state index contributed by atoms with van der Waals surface area (Å²) < 4.78 is 23.9. The van der Waals surface area contributed by atoms with Crippen LogP contribution in [0.4, 0.5) is 0 Å². The smallest absolute Gasteiger partial charge is 0.391 e. The van der Waals surface area contributed by atoms with Crippen LogP contribution in [0.2, 0.25) is 0 Å². The lowest BCUT2D eigenvalue weighted by Gasteiger charge is -2.26. The standard InChI is InChI=1S/C77H141N2O6P/c1-6-8-10-12-14-16-18-20-22-24-26-28-30-32-34-35-36-37-38-39-40-41-42-43-45-47-49-51-53-55-57-59-61-63-65-67-69-71-77(81)78-75(74-85-86(82,83)84-73-72-79(3,4)5)76(80)70-68-66-64-62-60-58-56-54-52-50-48-46-44-33-31-29-27-25-23-21-19-17-15-13-11-9-7-2/h8,10,14,16,20,22,26,28,32,34,36-37,39-40,42-43,75-76,80H,6-7,9,11-13,15,17-19,21,23-25,27,29-31,33,35,38,41,44-74H2,1-5H3,(H-,78,81,82,83)/p+1/b10-8-,16-14-,22-20-,28-26-,34-32-,37-36-,40-39-,43-42-. The number of hydrogen-bond acceptors (Lipinski definition) is 5. The topological polar surface area (TPSA) is 105 Å². The van der Waals surface area contributed by atoms with Crippen LogP contribution in [0.3, 0.4) is 0 Å². The number of nitrogens with zero attached hydrogens (tertiary/aromatic N) is 1. The highest BCUT2D eigenvalue weighted by molar-refractivity contribution is 7.47. The number of likely N-dealkylation sites (N-methyl/N-ethyl adjacent to an activating group) is 1. The molecule has 0 aromatic rings. The fraction of sp³-hybridized carbons (Fsp3) is 0.779. The minimum absolute atomic E-state index is 0.0717. The van der Waals surface area contributed by atoms with Crippen LogP contribution >= 0.6 is 7.82 Å². The summed E-state index contributed by atoms with van der Waals surface area (Å²) in [6.07, 6.45) is 96.6. The van der Waals surface area contributed by atoms with Crippen molar-refractivity contribution in [2.75, 3.05) is 40.9 Å². The Morgan fingerprint density at radius 2 is 0.698 bits per heavy atom. The van der Waals surface area contributed by atoms with Crippen LogP contribution in [-0.4, -0.2) is 73.4 Å². The molecule has 0 aromatic carbocycles. The fourth-order valence-corrected chi connectivity index (χ4v) is 11.5. The van der Waals surface area contributed by atoms with Crippen molar-refractivity contribution in [1.29, 1.82) is 0 Å². The van der Waals surface area contributed by atoms with Crippen molar-refractivity contribution in [1.82, 2.24) is 5.32 Å². The SMILES string of the molecule is CC/C=C\C/C=C\C/C=C\C/C=C\C/C=C\C/C=C\C/C=C\C/C=C\CCCCCCCCCCCCCCC(=O)NC(COP(=O)(O)OCC[N+](C)(C)C)C(O)CCCCCCCCCCCCCCCCCCCCCCCCCCCCC. The van der Waals surface area contributed by atoms with Gasteiger partial charge in [-0.05, 0) is 77.0 Å². The van der Waals surface area contributed by atoms with Gasteiger partial charge in [-0.25, -0.2) is 4.57 Å². The van der Waals surface area contributed by atoms with E-state index in [1.165, 1.54) is 218 Å². The van der Waals surface area contributed by atoms with E-state index in [1.54, 1.807) is 0 Å². The number of unbranched alkanes of at least 4 members (excludes halogenated alkanes) is 38. The highest BCUT2D eigenvalue weighted by atomic mass is 31.2. The van der Waals surface area contributed by atoms with Gasteiger partial charge in [-0.15, -0.1) is 0 Å². The molecule has 0 aliphatic rings. The van der Waals surface area contributed by atoms with E-state index in [9.17, 15) is 19.4 Å². The van der Waals surface area contributed by atoms with Gasteiger partial charge in [-0.3, -0.25) is 13.8 Å². The van der Waals surface area contributed by atoms with Crippen molar-refractivity contribution in [3.8, 4) is 0 Å². The number of carbonyl (C=O) groups excluding carboxylic acids is 1. The lowest BCUT2D eigenvalue weighted by molar-refractivity contribution is -0.870. The van der Waals surface area contributed by atoms with Crippen LogP contribution in [0.1, 0.15) is 335 Å². The molecule has 1 amide bonds. The molecule has 3 N–H and O–H groups in total. The van der Waals surface area contributed by atoms with Gasteiger partial charge in [0.15, 0.2) is 0 Å². The molecule has 3 unspecified atom stereocenters. The van der Waals surface area contributed by atoms with E-state index in [1.807, 2.05) is 21.1 Å². The third-order valence-electron chi connectivity index (χ3n) is 16.3. The first-order chi connectivity index (χ1) is 42.0. The number of hydrogen-bond donors (Lipinski definition) is 3. The maximum atomic E-state index is 13.1. The summed E-state index contributed by atoms with van der Waals surface area (Å²) in [7, 11) is 1.62. The minimum Gasteiger partial charge on any atom is -0.391 e. The Bertz CT molecular complexity index is 1730. The number of phosphoric ester groups is 1. The zero-order chi connectivity index (χ0) is 62.6. The molecule has 0 aliphatic heterocycles. The van der Waals surface area contributed by atoms with Gasteiger partial charge >= 0.3 is 7.82 Å². The fourth-order valence-electron chi connectivity index (χ4n) is 10.7. The second kappa shape index (κ2) is 66.8. The van der Waals surface area contributed by atoms with Crippen molar-refractivity contribution in [2.24, 2.45) is 0 Å². The molecular weight excluding hydrogens is 1080 g/mol. The van der Waals surface area contributed by atoms with E-state index in [-0.39, 0.29) is 19.1 Å². The number of allylic oxidation sites excluding steroid dienone is 16. The molecule has 9 heteroatoms. The summed E-state index contributed by atoms with van der Waals surface area (Å²) in [6, 6.07) is -0.769. The van der Waals surface area contributed by atoms with Crippen LogP contribution in [0.25, 0.3) is 0 Å². The van der Waals surface area contributed by atoms with E-state index in [2.05, 4.69) is 116 Å². The normalized spacial score (nSPS) is 14.2.